The summed E-state index contributed by atoms with van der Waals surface area (Å²) in [6.07, 6.45) is 0.325. The van der Waals surface area contributed by atoms with Crippen molar-refractivity contribution in [2.75, 3.05) is 12.4 Å². The number of benzene rings is 1. The molecule has 0 bridgehead atoms. The monoisotopic (exact) mass is 305 g/mol. The van der Waals surface area contributed by atoms with Crippen molar-refractivity contribution >= 4 is 39.2 Å². The van der Waals surface area contributed by atoms with Gasteiger partial charge in [0.2, 0.25) is 0 Å². The van der Waals surface area contributed by atoms with Gasteiger partial charge in [-0.25, -0.2) is 0 Å². The third-order valence-electron chi connectivity index (χ3n) is 2.03. The maximum atomic E-state index is 11.1. The van der Waals surface area contributed by atoms with Crippen LogP contribution in [-0.4, -0.2) is 19.1 Å². The molecule has 0 aliphatic carbocycles. The molecule has 0 amide bonds. The largest absolute Gasteiger partial charge is 0.469 e. The molecule has 16 heavy (non-hydrogen) atoms. The van der Waals surface area contributed by atoms with Gasteiger partial charge in [-0.05, 0) is 41.1 Å². The molecule has 0 spiro atoms. The van der Waals surface area contributed by atoms with E-state index in [0.29, 0.717) is 11.4 Å². The van der Waals surface area contributed by atoms with Gasteiger partial charge in [-0.3, -0.25) is 4.79 Å². The van der Waals surface area contributed by atoms with Crippen molar-refractivity contribution in [2.45, 2.75) is 19.4 Å². The number of halogens is 2. The minimum atomic E-state index is -0.231. The fraction of sp³-hybridized carbons (Fsp3) is 0.364. The Morgan fingerprint density at radius 1 is 1.62 bits per heavy atom. The quantitative estimate of drug-likeness (QED) is 0.866. The fourth-order valence-electron chi connectivity index (χ4n) is 1.26. The van der Waals surface area contributed by atoms with E-state index < -0.39 is 0 Å². The molecule has 5 heteroatoms. The first-order valence-electron chi connectivity index (χ1n) is 4.81. The van der Waals surface area contributed by atoms with Gasteiger partial charge in [-0.1, -0.05) is 11.6 Å². The Kier molecular flexibility index (Phi) is 5.09. The molecule has 0 heterocycles. The van der Waals surface area contributed by atoms with Crippen LogP contribution in [0.25, 0.3) is 0 Å². The second-order valence-electron chi connectivity index (χ2n) is 3.45. The first-order chi connectivity index (χ1) is 7.52. The molecule has 0 aliphatic rings. The molecular formula is C11H13BrClNO2. The van der Waals surface area contributed by atoms with Crippen molar-refractivity contribution in [3.05, 3.63) is 27.7 Å². The minimum absolute atomic E-state index is 0.00456. The summed E-state index contributed by atoms with van der Waals surface area (Å²) in [5.74, 6) is -0.231. The molecule has 1 rings (SSSR count). The highest BCUT2D eigenvalue weighted by molar-refractivity contribution is 9.10. The molecule has 1 atom stereocenters. The SMILES string of the molecule is COC(=O)CC(C)Nc1ccc(Cl)cc1Br. The molecule has 0 radical (unpaired) electrons. The molecule has 3 nitrogen and oxygen atoms in total. The van der Waals surface area contributed by atoms with E-state index in [0.717, 1.165) is 10.2 Å². The summed E-state index contributed by atoms with van der Waals surface area (Å²) < 4.78 is 5.47. The van der Waals surface area contributed by atoms with E-state index in [1.807, 2.05) is 13.0 Å². The van der Waals surface area contributed by atoms with Gasteiger partial charge < -0.3 is 10.1 Å². The van der Waals surface area contributed by atoms with Crippen LogP contribution < -0.4 is 5.32 Å². The summed E-state index contributed by atoms with van der Waals surface area (Å²) in [7, 11) is 1.38. The molecule has 1 unspecified atom stereocenters. The Balaban J connectivity index is 2.62. The van der Waals surface area contributed by atoms with E-state index in [9.17, 15) is 4.79 Å². The van der Waals surface area contributed by atoms with Crippen LogP contribution in [0.3, 0.4) is 0 Å². The number of esters is 1. The van der Waals surface area contributed by atoms with Gasteiger partial charge in [0.25, 0.3) is 0 Å². The predicted molar refractivity (Wildman–Crippen MR) is 68.9 cm³/mol. The number of rotatable bonds is 4. The van der Waals surface area contributed by atoms with Crippen molar-refractivity contribution in [1.82, 2.24) is 0 Å². The predicted octanol–water partition coefficient (Wildman–Crippen LogP) is 3.47. The van der Waals surface area contributed by atoms with E-state index in [4.69, 9.17) is 11.6 Å². The van der Waals surface area contributed by atoms with Crippen molar-refractivity contribution in [1.29, 1.82) is 0 Å². The molecule has 1 aromatic rings. The molecule has 0 saturated carbocycles. The van der Waals surface area contributed by atoms with E-state index in [1.54, 1.807) is 12.1 Å². The highest BCUT2D eigenvalue weighted by Gasteiger charge is 2.10. The van der Waals surface area contributed by atoms with Crippen molar-refractivity contribution in [3.8, 4) is 0 Å². The molecule has 88 valence electrons. The summed E-state index contributed by atoms with van der Waals surface area (Å²) in [4.78, 5) is 11.1. The summed E-state index contributed by atoms with van der Waals surface area (Å²) in [6.45, 7) is 1.91. The normalized spacial score (nSPS) is 12.0. The lowest BCUT2D eigenvalue weighted by Crippen LogP contribution is -2.20. The van der Waals surface area contributed by atoms with Crippen LogP contribution in [-0.2, 0) is 9.53 Å². The third kappa shape index (κ3) is 4.02. The van der Waals surface area contributed by atoms with Crippen LogP contribution in [0, 0.1) is 0 Å². The summed E-state index contributed by atoms with van der Waals surface area (Å²) >= 11 is 9.22. The van der Waals surface area contributed by atoms with Gasteiger partial charge in [0.1, 0.15) is 0 Å². The second kappa shape index (κ2) is 6.11. The van der Waals surface area contributed by atoms with Gasteiger partial charge >= 0.3 is 5.97 Å². The maximum Gasteiger partial charge on any atom is 0.307 e. The van der Waals surface area contributed by atoms with Crippen LogP contribution in [0.4, 0.5) is 5.69 Å². The molecule has 0 aliphatic heterocycles. The molecule has 0 fully saturated rings. The number of carbonyl (C=O) groups is 1. The first-order valence-corrected chi connectivity index (χ1v) is 5.98. The molecule has 0 saturated heterocycles. The molecule has 1 N–H and O–H groups in total. The van der Waals surface area contributed by atoms with Gasteiger partial charge in [-0.15, -0.1) is 0 Å². The molecular weight excluding hydrogens is 293 g/mol. The van der Waals surface area contributed by atoms with Gasteiger partial charge in [-0.2, -0.15) is 0 Å². The lowest BCUT2D eigenvalue weighted by molar-refractivity contribution is -0.140. The Bertz CT molecular complexity index is 384. The number of nitrogens with one attached hydrogen (secondary N) is 1. The van der Waals surface area contributed by atoms with E-state index in [-0.39, 0.29) is 12.0 Å². The average Bonchev–Trinajstić information content (AvgIpc) is 2.22. The molecule has 1 aromatic carbocycles. The van der Waals surface area contributed by atoms with Crippen molar-refractivity contribution < 1.29 is 9.53 Å². The minimum Gasteiger partial charge on any atom is -0.469 e. The Morgan fingerprint density at radius 2 is 2.31 bits per heavy atom. The van der Waals surface area contributed by atoms with Crippen LogP contribution in [0.15, 0.2) is 22.7 Å². The Morgan fingerprint density at radius 3 is 2.88 bits per heavy atom. The van der Waals surface area contributed by atoms with E-state index >= 15 is 0 Å². The van der Waals surface area contributed by atoms with Crippen LogP contribution in [0.1, 0.15) is 13.3 Å². The summed E-state index contributed by atoms with van der Waals surface area (Å²) in [6, 6.07) is 5.46. The Hall–Kier alpha value is -0.740. The number of anilines is 1. The highest BCUT2D eigenvalue weighted by atomic mass is 79.9. The summed E-state index contributed by atoms with van der Waals surface area (Å²) in [5.41, 5.74) is 0.904. The number of hydrogen-bond acceptors (Lipinski definition) is 3. The zero-order valence-corrected chi connectivity index (χ0v) is 11.4. The second-order valence-corrected chi connectivity index (χ2v) is 4.74. The van der Waals surface area contributed by atoms with Gasteiger partial charge in [0, 0.05) is 21.2 Å². The third-order valence-corrected chi connectivity index (χ3v) is 2.92. The van der Waals surface area contributed by atoms with Crippen LogP contribution in [0.2, 0.25) is 5.02 Å². The number of ether oxygens (including phenoxy) is 1. The van der Waals surface area contributed by atoms with E-state index in [1.165, 1.54) is 7.11 Å². The van der Waals surface area contributed by atoms with Gasteiger partial charge in [0.15, 0.2) is 0 Å². The van der Waals surface area contributed by atoms with Crippen LogP contribution in [0.5, 0.6) is 0 Å². The van der Waals surface area contributed by atoms with Gasteiger partial charge in [0.05, 0.1) is 13.5 Å². The van der Waals surface area contributed by atoms with Crippen molar-refractivity contribution in [3.63, 3.8) is 0 Å². The zero-order chi connectivity index (χ0) is 12.1. The maximum absolute atomic E-state index is 11.1. The number of carbonyl (C=O) groups excluding carboxylic acids is 1. The number of methoxy groups -OCH3 is 1. The Labute approximate surface area is 108 Å². The van der Waals surface area contributed by atoms with Crippen molar-refractivity contribution in [2.24, 2.45) is 0 Å². The number of hydrogen-bond donors (Lipinski definition) is 1. The average molecular weight is 307 g/mol. The topological polar surface area (TPSA) is 38.3 Å². The highest BCUT2D eigenvalue weighted by Crippen LogP contribution is 2.26. The smallest absolute Gasteiger partial charge is 0.307 e. The lowest BCUT2D eigenvalue weighted by Gasteiger charge is -2.15. The summed E-state index contributed by atoms with van der Waals surface area (Å²) in [5, 5.41) is 3.86. The fourth-order valence-corrected chi connectivity index (χ4v) is 2.05. The zero-order valence-electron chi connectivity index (χ0n) is 9.09. The lowest BCUT2D eigenvalue weighted by atomic mass is 10.2. The van der Waals surface area contributed by atoms with E-state index in [2.05, 4.69) is 26.0 Å². The standard InChI is InChI=1S/C11H13BrClNO2/c1-7(5-11(15)16-2)14-10-4-3-8(13)6-9(10)12/h3-4,6-7,14H,5H2,1-2H3. The van der Waals surface area contributed by atoms with Crippen LogP contribution >= 0.6 is 27.5 Å². The first kappa shape index (κ1) is 13.3. The molecule has 0 aromatic heterocycles.